The maximum absolute atomic E-state index is 12.0. The van der Waals surface area contributed by atoms with Gasteiger partial charge in [0.05, 0.1) is 12.7 Å². The number of nitrogens with two attached hydrogens (primary N) is 1. The maximum atomic E-state index is 12.0. The van der Waals surface area contributed by atoms with Gasteiger partial charge >= 0.3 is 0 Å². The third kappa shape index (κ3) is 4.53. The number of amides is 1. The van der Waals surface area contributed by atoms with Crippen LogP contribution in [-0.4, -0.2) is 40.9 Å². The van der Waals surface area contributed by atoms with Crippen LogP contribution in [0, 0.1) is 0 Å². The van der Waals surface area contributed by atoms with E-state index in [9.17, 15) is 9.90 Å². The highest BCUT2D eigenvalue weighted by atomic mass is 16.5. The molecule has 9 nitrogen and oxygen atoms in total. The topological polar surface area (TPSA) is 137 Å². The molecule has 1 aliphatic heterocycles. The summed E-state index contributed by atoms with van der Waals surface area (Å²) in [6.45, 7) is 2.78. The molecule has 9 heteroatoms. The van der Waals surface area contributed by atoms with Gasteiger partial charge in [0.25, 0.3) is 5.91 Å². The summed E-state index contributed by atoms with van der Waals surface area (Å²) in [6, 6.07) is 14.6. The molecule has 0 spiro atoms. The first-order chi connectivity index (χ1) is 14.6. The molecule has 30 heavy (non-hydrogen) atoms. The Morgan fingerprint density at radius 1 is 1.20 bits per heavy atom. The fourth-order valence-corrected chi connectivity index (χ4v) is 3.30. The lowest BCUT2D eigenvalue weighted by molar-refractivity contribution is 0.0277. The number of hydrogen-bond donors (Lipinski definition) is 6. The lowest BCUT2D eigenvalue weighted by atomic mass is 10.1. The van der Waals surface area contributed by atoms with Crippen LogP contribution in [0.25, 0.3) is 0 Å². The van der Waals surface area contributed by atoms with Crippen molar-refractivity contribution in [1.29, 1.82) is 0 Å². The number of ether oxygens (including phenoxy) is 1. The summed E-state index contributed by atoms with van der Waals surface area (Å²) in [6.07, 6.45) is 0.0387. The monoisotopic (exact) mass is 408 g/mol. The highest BCUT2D eigenvalue weighted by molar-refractivity contribution is 6.03. The number of nitrogens with one attached hydrogen (secondary N) is 4. The van der Waals surface area contributed by atoms with Crippen molar-refractivity contribution in [3.05, 3.63) is 65.2 Å². The number of carbonyl (C=O) groups is 1. The second-order valence-corrected chi connectivity index (χ2v) is 7.02. The lowest BCUT2D eigenvalue weighted by Crippen LogP contribution is -2.33. The van der Waals surface area contributed by atoms with Gasteiger partial charge in [0.1, 0.15) is 17.1 Å². The number of carbonyl (C=O) groups excluding carboxylic acids is 1. The number of H-pyrrole nitrogens is 1. The van der Waals surface area contributed by atoms with E-state index in [0.717, 1.165) is 29.9 Å². The summed E-state index contributed by atoms with van der Waals surface area (Å²) in [5, 5.41) is 26.0. The van der Waals surface area contributed by atoms with Crippen LogP contribution in [0.1, 0.15) is 27.6 Å². The van der Waals surface area contributed by atoms with Gasteiger partial charge in [-0.2, -0.15) is 5.10 Å². The van der Waals surface area contributed by atoms with Gasteiger partial charge in [0.15, 0.2) is 5.82 Å². The predicted molar refractivity (Wildman–Crippen MR) is 114 cm³/mol. The van der Waals surface area contributed by atoms with E-state index in [1.165, 1.54) is 0 Å². The first-order valence-electron chi connectivity index (χ1n) is 9.69. The van der Waals surface area contributed by atoms with Crippen LogP contribution in [0.15, 0.2) is 48.5 Å². The molecule has 1 aromatic heterocycles. The normalized spacial score (nSPS) is 16.2. The van der Waals surface area contributed by atoms with Crippen LogP contribution in [0.2, 0.25) is 0 Å². The smallest absolute Gasteiger partial charge is 0.256 e. The molecule has 0 bridgehead atoms. The zero-order valence-electron chi connectivity index (χ0n) is 16.3. The van der Waals surface area contributed by atoms with E-state index in [1.807, 2.05) is 24.3 Å². The highest BCUT2D eigenvalue weighted by Gasteiger charge is 2.19. The minimum atomic E-state index is -0.599. The molecule has 0 saturated carbocycles. The number of rotatable bonds is 7. The average molecular weight is 408 g/mol. The zero-order valence-corrected chi connectivity index (χ0v) is 16.3. The molecular formula is C21H24N6O3. The third-order valence-electron chi connectivity index (χ3n) is 4.89. The van der Waals surface area contributed by atoms with Crippen LogP contribution < -0.4 is 21.7 Å². The summed E-state index contributed by atoms with van der Waals surface area (Å²) >= 11 is 0. The second-order valence-electron chi connectivity index (χ2n) is 7.02. The Hall–Kier alpha value is -3.56. The predicted octanol–water partition coefficient (Wildman–Crippen LogP) is 2.23. The number of anilines is 3. The summed E-state index contributed by atoms with van der Waals surface area (Å²) in [7, 11) is 0. The van der Waals surface area contributed by atoms with Crippen LogP contribution in [0.5, 0.6) is 5.75 Å². The molecule has 3 aromatic rings. The largest absolute Gasteiger partial charge is 0.508 e. The number of phenolic OH excluding ortho intramolecular Hbond substituents is 1. The molecule has 1 atom stereocenters. The highest BCUT2D eigenvalue weighted by Crippen LogP contribution is 2.26. The van der Waals surface area contributed by atoms with Crippen molar-refractivity contribution in [1.82, 2.24) is 15.5 Å². The Labute approximate surface area is 173 Å². The lowest BCUT2D eigenvalue weighted by Gasteiger charge is -2.24. The quantitative estimate of drug-likeness (QED) is 0.353. The van der Waals surface area contributed by atoms with E-state index in [2.05, 4.69) is 26.1 Å². The molecule has 156 valence electrons. The summed E-state index contributed by atoms with van der Waals surface area (Å²) in [5.74, 6) is 0.369. The fraction of sp³-hybridized carbons (Fsp3) is 0.238. The molecular weight excluding hydrogens is 384 g/mol. The van der Waals surface area contributed by atoms with E-state index in [0.29, 0.717) is 24.8 Å². The molecule has 0 aliphatic carbocycles. The standard InChI is InChI=1S/C21H24N6O3/c22-19(29)18-20(24-11-13-1-7-16(28)8-2-13)26-27-21(18)25-15-5-3-14(4-6-15)17-12-23-9-10-30-17/h1-8,17,23,28H,9-12H2,(H2,22,29)(H3,24,25,26,27). The van der Waals surface area contributed by atoms with Gasteiger partial charge in [-0.3, -0.25) is 9.89 Å². The van der Waals surface area contributed by atoms with Gasteiger partial charge in [0, 0.05) is 25.3 Å². The minimum Gasteiger partial charge on any atom is -0.508 e. The molecule has 1 aliphatic rings. The van der Waals surface area contributed by atoms with Gasteiger partial charge in [0.2, 0.25) is 0 Å². The summed E-state index contributed by atoms with van der Waals surface area (Å²) in [4.78, 5) is 12.0. The number of nitrogens with zero attached hydrogens (tertiary/aromatic N) is 1. The Balaban J connectivity index is 1.46. The SMILES string of the molecule is NC(=O)c1c(NCc2ccc(O)cc2)n[nH]c1Nc1ccc(C2CNCCO2)cc1. The van der Waals surface area contributed by atoms with Crippen molar-refractivity contribution < 1.29 is 14.6 Å². The fourth-order valence-electron chi connectivity index (χ4n) is 3.30. The van der Waals surface area contributed by atoms with E-state index < -0.39 is 5.91 Å². The van der Waals surface area contributed by atoms with Crippen LogP contribution >= 0.6 is 0 Å². The summed E-state index contributed by atoms with van der Waals surface area (Å²) in [5.41, 5.74) is 8.64. The first-order valence-corrected chi connectivity index (χ1v) is 9.69. The van der Waals surface area contributed by atoms with Gasteiger partial charge in [-0.25, -0.2) is 0 Å². The van der Waals surface area contributed by atoms with Crippen molar-refractivity contribution in [2.75, 3.05) is 30.3 Å². The van der Waals surface area contributed by atoms with Gasteiger partial charge in [-0.15, -0.1) is 0 Å². The third-order valence-corrected chi connectivity index (χ3v) is 4.89. The molecule has 0 radical (unpaired) electrons. The Kier molecular flexibility index (Phi) is 5.82. The number of morpholine rings is 1. The van der Waals surface area contributed by atoms with E-state index in [-0.39, 0.29) is 17.4 Å². The number of aromatic nitrogens is 2. The van der Waals surface area contributed by atoms with Crippen LogP contribution in [0.4, 0.5) is 17.3 Å². The van der Waals surface area contributed by atoms with Crippen molar-refractivity contribution >= 4 is 23.2 Å². The van der Waals surface area contributed by atoms with Crippen LogP contribution in [0.3, 0.4) is 0 Å². The number of hydrogen-bond acceptors (Lipinski definition) is 7. The molecule has 1 saturated heterocycles. The van der Waals surface area contributed by atoms with Gasteiger partial charge in [-0.1, -0.05) is 24.3 Å². The number of aromatic hydroxyl groups is 1. The average Bonchev–Trinajstić information content (AvgIpc) is 3.17. The van der Waals surface area contributed by atoms with Crippen molar-refractivity contribution in [3.8, 4) is 5.75 Å². The minimum absolute atomic E-state index is 0.0387. The molecule has 2 heterocycles. The number of benzene rings is 2. The molecule has 1 amide bonds. The molecule has 7 N–H and O–H groups in total. The molecule has 1 fully saturated rings. The van der Waals surface area contributed by atoms with Crippen molar-refractivity contribution in [2.24, 2.45) is 5.73 Å². The van der Waals surface area contributed by atoms with Crippen LogP contribution in [-0.2, 0) is 11.3 Å². The molecule has 4 rings (SSSR count). The number of aromatic amines is 1. The first kappa shape index (κ1) is 19.7. The van der Waals surface area contributed by atoms with E-state index in [1.54, 1.807) is 24.3 Å². The van der Waals surface area contributed by atoms with Crippen molar-refractivity contribution in [2.45, 2.75) is 12.6 Å². The van der Waals surface area contributed by atoms with Gasteiger partial charge < -0.3 is 31.5 Å². The summed E-state index contributed by atoms with van der Waals surface area (Å²) < 4.78 is 5.76. The second kappa shape index (κ2) is 8.85. The van der Waals surface area contributed by atoms with Gasteiger partial charge in [-0.05, 0) is 35.4 Å². The maximum Gasteiger partial charge on any atom is 0.256 e. The molecule has 1 unspecified atom stereocenters. The Morgan fingerprint density at radius 2 is 1.97 bits per heavy atom. The van der Waals surface area contributed by atoms with Crippen molar-refractivity contribution in [3.63, 3.8) is 0 Å². The Morgan fingerprint density at radius 3 is 2.63 bits per heavy atom. The van der Waals surface area contributed by atoms with E-state index in [4.69, 9.17) is 10.5 Å². The number of phenols is 1. The molecule has 2 aromatic carbocycles. The number of primary amides is 1. The van der Waals surface area contributed by atoms with E-state index >= 15 is 0 Å². The zero-order chi connectivity index (χ0) is 20.9. The Bertz CT molecular complexity index is 995.